The van der Waals surface area contributed by atoms with Gasteiger partial charge in [-0.1, -0.05) is 12.5 Å². The Morgan fingerprint density at radius 2 is 2.08 bits per heavy atom. The molecule has 0 aliphatic rings. The molecular weight excluding hydrogens is 156 g/mol. The fraction of sp³-hybridized carbons (Fsp3) is 0.667. The molecule has 0 aromatic carbocycles. The van der Waals surface area contributed by atoms with Crippen LogP contribution in [0.3, 0.4) is 0 Å². The molecule has 0 aliphatic heterocycles. The van der Waals surface area contributed by atoms with Crippen molar-refractivity contribution in [1.82, 2.24) is 0 Å². The van der Waals surface area contributed by atoms with E-state index < -0.39 is 11.8 Å². The zero-order valence-corrected chi connectivity index (χ0v) is 8.05. The highest BCUT2D eigenvalue weighted by Crippen LogP contribution is 2.10. The molecule has 0 aromatic heterocycles. The number of hydrogen-bond donors (Lipinski definition) is 1. The molecule has 1 atom stereocenters. The standard InChI is InChI=1S/C9H16O3/c1-5-9(4,11)12-8(10)6-7(2)3/h6,11H,5H2,1-4H3. The Kier molecular flexibility index (Phi) is 3.96. The van der Waals surface area contributed by atoms with Crippen LogP contribution in [0.5, 0.6) is 0 Å². The predicted octanol–water partition coefficient (Wildman–Crippen LogP) is 1.61. The summed E-state index contributed by atoms with van der Waals surface area (Å²) in [6, 6.07) is 0. The van der Waals surface area contributed by atoms with Crippen LogP contribution in [0, 0.1) is 0 Å². The van der Waals surface area contributed by atoms with Crippen LogP contribution in [-0.4, -0.2) is 16.9 Å². The second-order valence-corrected chi connectivity index (χ2v) is 3.17. The molecule has 3 nitrogen and oxygen atoms in total. The predicted molar refractivity (Wildman–Crippen MR) is 46.4 cm³/mol. The minimum Gasteiger partial charge on any atom is -0.430 e. The second kappa shape index (κ2) is 4.26. The zero-order chi connectivity index (χ0) is 9.78. The fourth-order valence-corrected chi connectivity index (χ4v) is 0.554. The van der Waals surface area contributed by atoms with E-state index >= 15 is 0 Å². The van der Waals surface area contributed by atoms with Crippen LogP contribution in [0.2, 0.25) is 0 Å². The second-order valence-electron chi connectivity index (χ2n) is 3.17. The molecule has 0 amide bonds. The number of aliphatic hydroxyl groups is 1. The number of carbonyl (C=O) groups excluding carboxylic acids is 1. The van der Waals surface area contributed by atoms with Gasteiger partial charge in [0.15, 0.2) is 0 Å². The van der Waals surface area contributed by atoms with E-state index in [0.29, 0.717) is 6.42 Å². The summed E-state index contributed by atoms with van der Waals surface area (Å²) in [6.07, 6.45) is 1.74. The van der Waals surface area contributed by atoms with Crippen LogP contribution in [0.25, 0.3) is 0 Å². The molecular formula is C9H16O3. The summed E-state index contributed by atoms with van der Waals surface area (Å²) in [5, 5.41) is 9.33. The number of esters is 1. The van der Waals surface area contributed by atoms with Crippen LogP contribution < -0.4 is 0 Å². The number of rotatable bonds is 3. The van der Waals surface area contributed by atoms with Gasteiger partial charge >= 0.3 is 5.97 Å². The van der Waals surface area contributed by atoms with E-state index in [9.17, 15) is 9.90 Å². The van der Waals surface area contributed by atoms with Gasteiger partial charge < -0.3 is 9.84 Å². The lowest BCUT2D eigenvalue weighted by atomic mass is 10.2. The van der Waals surface area contributed by atoms with Crippen LogP contribution in [-0.2, 0) is 9.53 Å². The van der Waals surface area contributed by atoms with Gasteiger partial charge in [0.05, 0.1) is 0 Å². The molecule has 70 valence electrons. The lowest BCUT2D eigenvalue weighted by Gasteiger charge is -2.20. The van der Waals surface area contributed by atoms with Gasteiger partial charge in [0.1, 0.15) is 0 Å². The molecule has 12 heavy (non-hydrogen) atoms. The van der Waals surface area contributed by atoms with Gasteiger partial charge in [-0.05, 0) is 13.8 Å². The van der Waals surface area contributed by atoms with E-state index in [0.717, 1.165) is 5.57 Å². The largest absolute Gasteiger partial charge is 0.430 e. The van der Waals surface area contributed by atoms with Crippen molar-refractivity contribution in [2.45, 2.75) is 39.9 Å². The van der Waals surface area contributed by atoms with Gasteiger partial charge in [0.2, 0.25) is 5.79 Å². The average Bonchev–Trinajstić information content (AvgIpc) is 1.84. The minimum absolute atomic E-state index is 0.384. The third-order valence-electron chi connectivity index (χ3n) is 1.38. The van der Waals surface area contributed by atoms with Gasteiger partial charge in [-0.25, -0.2) is 4.79 Å². The van der Waals surface area contributed by atoms with Crippen molar-refractivity contribution in [3.05, 3.63) is 11.6 Å². The first-order chi connectivity index (χ1) is 5.37. The number of ether oxygens (including phenoxy) is 1. The first-order valence-electron chi connectivity index (χ1n) is 3.97. The molecule has 0 heterocycles. The maximum atomic E-state index is 11.0. The van der Waals surface area contributed by atoms with Crippen LogP contribution >= 0.6 is 0 Å². The molecule has 0 rings (SSSR count). The normalized spacial score (nSPS) is 14.8. The Balaban J connectivity index is 4.10. The third-order valence-corrected chi connectivity index (χ3v) is 1.38. The van der Waals surface area contributed by atoms with Gasteiger partial charge in [-0.3, -0.25) is 0 Å². The van der Waals surface area contributed by atoms with Crippen molar-refractivity contribution in [1.29, 1.82) is 0 Å². The van der Waals surface area contributed by atoms with Crippen LogP contribution in [0.15, 0.2) is 11.6 Å². The van der Waals surface area contributed by atoms with Crippen molar-refractivity contribution < 1.29 is 14.6 Å². The summed E-state index contributed by atoms with van der Waals surface area (Å²) in [7, 11) is 0. The summed E-state index contributed by atoms with van der Waals surface area (Å²) in [6.45, 7) is 6.80. The smallest absolute Gasteiger partial charge is 0.333 e. The minimum atomic E-state index is -1.34. The average molecular weight is 172 g/mol. The van der Waals surface area contributed by atoms with Crippen molar-refractivity contribution in [3.63, 3.8) is 0 Å². The van der Waals surface area contributed by atoms with Crippen molar-refractivity contribution in [2.75, 3.05) is 0 Å². The topological polar surface area (TPSA) is 46.5 Å². The van der Waals surface area contributed by atoms with E-state index in [2.05, 4.69) is 0 Å². The molecule has 0 aliphatic carbocycles. The molecule has 0 saturated heterocycles. The van der Waals surface area contributed by atoms with E-state index in [-0.39, 0.29) is 0 Å². The summed E-state index contributed by atoms with van der Waals surface area (Å²) in [5.74, 6) is -1.84. The highest BCUT2D eigenvalue weighted by molar-refractivity contribution is 5.82. The molecule has 0 saturated carbocycles. The number of allylic oxidation sites excluding steroid dienone is 1. The van der Waals surface area contributed by atoms with Crippen LogP contribution in [0.1, 0.15) is 34.1 Å². The maximum Gasteiger partial charge on any atom is 0.333 e. The lowest BCUT2D eigenvalue weighted by molar-refractivity contribution is -0.197. The fourth-order valence-electron chi connectivity index (χ4n) is 0.554. The Bertz CT molecular complexity index is 188. The van der Waals surface area contributed by atoms with Crippen molar-refractivity contribution >= 4 is 5.97 Å². The Morgan fingerprint density at radius 1 is 1.58 bits per heavy atom. The molecule has 0 radical (unpaired) electrons. The van der Waals surface area contributed by atoms with Gasteiger partial charge in [0.25, 0.3) is 0 Å². The quantitative estimate of drug-likeness (QED) is 0.399. The first-order valence-corrected chi connectivity index (χ1v) is 3.97. The van der Waals surface area contributed by atoms with E-state index in [4.69, 9.17) is 4.74 Å². The van der Waals surface area contributed by atoms with Gasteiger partial charge in [-0.2, -0.15) is 0 Å². The van der Waals surface area contributed by atoms with Crippen molar-refractivity contribution in [3.8, 4) is 0 Å². The molecule has 0 aromatic rings. The Labute approximate surface area is 73.0 Å². The van der Waals surface area contributed by atoms with Crippen LogP contribution in [0.4, 0.5) is 0 Å². The van der Waals surface area contributed by atoms with Gasteiger partial charge in [-0.15, -0.1) is 0 Å². The first kappa shape index (κ1) is 11.2. The lowest BCUT2D eigenvalue weighted by Crippen LogP contribution is -2.29. The van der Waals surface area contributed by atoms with E-state index in [1.54, 1.807) is 20.8 Å². The molecule has 0 spiro atoms. The maximum absolute atomic E-state index is 11.0. The monoisotopic (exact) mass is 172 g/mol. The summed E-state index contributed by atoms with van der Waals surface area (Å²) >= 11 is 0. The molecule has 1 unspecified atom stereocenters. The Hall–Kier alpha value is -0.830. The van der Waals surface area contributed by atoms with E-state index in [1.807, 2.05) is 0 Å². The summed E-state index contributed by atoms with van der Waals surface area (Å²) < 4.78 is 4.74. The number of carbonyl (C=O) groups is 1. The summed E-state index contributed by atoms with van der Waals surface area (Å²) in [5.41, 5.74) is 0.854. The Morgan fingerprint density at radius 3 is 2.42 bits per heavy atom. The van der Waals surface area contributed by atoms with E-state index in [1.165, 1.54) is 13.0 Å². The molecule has 0 bridgehead atoms. The zero-order valence-electron chi connectivity index (χ0n) is 8.05. The third kappa shape index (κ3) is 4.91. The molecule has 1 N–H and O–H groups in total. The van der Waals surface area contributed by atoms with Gasteiger partial charge in [0, 0.05) is 19.4 Å². The number of hydrogen-bond acceptors (Lipinski definition) is 3. The summed E-state index contributed by atoms with van der Waals surface area (Å²) in [4.78, 5) is 11.0. The SMILES string of the molecule is CCC(C)(O)OC(=O)C=C(C)C. The highest BCUT2D eigenvalue weighted by Gasteiger charge is 2.21. The molecule has 3 heteroatoms. The molecule has 0 fully saturated rings. The highest BCUT2D eigenvalue weighted by atomic mass is 16.7. The van der Waals surface area contributed by atoms with Crippen molar-refractivity contribution in [2.24, 2.45) is 0 Å².